The zero-order chi connectivity index (χ0) is 14.4. The topological polar surface area (TPSA) is 57.9 Å². The van der Waals surface area contributed by atoms with Gasteiger partial charge in [0.15, 0.2) is 4.11 Å². The number of rotatable bonds is 7. The molecule has 0 amide bonds. The molecule has 0 radical (unpaired) electrons. The molecule has 2 atom stereocenters. The molecule has 0 saturated carbocycles. The third-order valence-electron chi connectivity index (χ3n) is 2.46. The first-order chi connectivity index (χ1) is 9.65. The van der Waals surface area contributed by atoms with Crippen molar-refractivity contribution in [2.45, 2.75) is 13.8 Å². The van der Waals surface area contributed by atoms with E-state index in [1.807, 2.05) is 30.3 Å². The third-order valence-corrected chi connectivity index (χ3v) is 7.76. The fourth-order valence-corrected chi connectivity index (χ4v) is 4.20. The minimum Gasteiger partial charge on any atom is -0.479 e. The summed E-state index contributed by atoms with van der Waals surface area (Å²) >= 11 is 6.52. The van der Waals surface area contributed by atoms with Gasteiger partial charge in [-0.15, -0.1) is 0 Å². The highest BCUT2D eigenvalue weighted by molar-refractivity contribution is 14.1. The average Bonchev–Trinajstić information content (AvgIpc) is 2.85. The maximum absolute atomic E-state index is 11.0. The molecule has 2 unspecified atom stereocenters. The number of hydrogen-bond donors (Lipinski definition) is 2. The Morgan fingerprint density at radius 1 is 1.25 bits per heavy atom. The summed E-state index contributed by atoms with van der Waals surface area (Å²) in [5.74, 6) is 2.66. The van der Waals surface area contributed by atoms with Crippen LogP contribution in [-0.2, 0) is 5.75 Å². The first-order valence-electron chi connectivity index (χ1n) is 5.99. The highest BCUT2D eigenvalue weighted by Gasteiger charge is 2.17. The van der Waals surface area contributed by atoms with Gasteiger partial charge in [-0.05, 0) is 34.7 Å². The summed E-state index contributed by atoms with van der Waals surface area (Å²) in [7, 11) is 0. The SMILES string of the molecule is O=c1[nH]cc(CSCC(I)C(I)Oc2ccccc2)[nH]1. The number of ether oxygens (including phenoxy) is 1. The summed E-state index contributed by atoms with van der Waals surface area (Å²) in [5, 5.41) is 0. The zero-order valence-corrected chi connectivity index (χ0v) is 15.6. The molecule has 0 fully saturated rings. The van der Waals surface area contributed by atoms with Gasteiger partial charge in [-0.3, -0.25) is 0 Å². The number of para-hydroxylation sites is 1. The monoisotopic (exact) mass is 516 g/mol. The fourth-order valence-electron chi connectivity index (χ4n) is 1.51. The van der Waals surface area contributed by atoms with Crippen LogP contribution >= 0.6 is 56.9 Å². The molecule has 2 N–H and O–H groups in total. The predicted molar refractivity (Wildman–Crippen MR) is 100 cm³/mol. The van der Waals surface area contributed by atoms with Crippen molar-refractivity contribution in [2.75, 3.05) is 5.75 Å². The Morgan fingerprint density at radius 2 is 2.00 bits per heavy atom. The lowest BCUT2D eigenvalue weighted by atomic mass is 10.3. The van der Waals surface area contributed by atoms with Gasteiger partial charge in [-0.25, -0.2) is 4.79 Å². The number of thioether (sulfide) groups is 1. The molecule has 4 nitrogen and oxygen atoms in total. The normalized spacial score (nSPS) is 13.9. The Balaban J connectivity index is 1.73. The van der Waals surface area contributed by atoms with E-state index in [0.29, 0.717) is 3.92 Å². The van der Waals surface area contributed by atoms with Crippen molar-refractivity contribution in [1.29, 1.82) is 0 Å². The third kappa shape index (κ3) is 5.32. The minimum atomic E-state index is -0.147. The van der Waals surface area contributed by atoms with E-state index in [-0.39, 0.29) is 9.80 Å². The standard InChI is InChI=1S/C13H14I2N2O2S/c14-11(8-20-7-9-6-16-13(18)17-9)12(15)19-10-4-2-1-3-5-10/h1-6,11-12H,7-8H2,(H2,16,17,18). The number of aromatic amines is 2. The number of imidazole rings is 1. The quantitative estimate of drug-likeness (QED) is 0.438. The molecule has 1 heterocycles. The molecule has 0 bridgehead atoms. The molecule has 0 aliphatic carbocycles. The van der Waals surface area contributed by atoms with E-state index in [9.17, 15) is 4.79 Å². The van der Waals surface area contributed by atoms with Crippen LogP contribution < -0.4 is 10.4 Å². The van der Waals surface area contributed by atoms with Gasteiger partial charge in [0.05, 0.1) is 3.92 Å². The van der Waals surface area contributed by atoms with Gasteiger partial charge < -0.3 is 14.7 Å². The number of benzene rings is 1. The number of H-pyrrole nitrogens is 2. The molecule has 108 valence electrons. The van der Waals surface area contributed by atoms with Crippen LogP contribution in [0, 0.1) is 0 Å². The zero-order valence-electron chi connectivity index (χ0n) is 10.5. The Morgan fingerprint density at radius 3 is 2.65 bits per heavy atom. The fraction of sp³-hybridized carbons (Fsp3) is 0.308. The van der Waals surface area contributed by atoms with Crippen LogP contribution in [0.2, 0.25) is 0 Å². The molecule has 7 heteroatoms. The molecule has 20 heavy (non-hydrogen) atoms. The van der Waals surface area contributed by atoms with E-state index >= 15 is 0 Å². The van der Waals surface area contributed by atoms with Crippen LogP contribution in [-0.4, -0.2) is 23.8 Å². The van der Waals surface area contributed by atoms with Gasteiger partial charge in [0, 0.05) is 23.4 Å². The number of hydrogen-bond acceptors (Lipinski definition) is 3. The smallest absolute Gasteiger partial charge is 0.323 e. The van der Waals surface area contributed by atoms with Gasteiger partial charge in [0.2, 0.25) is 0 Å². The van der Waals surface area contributed by atoms with Crippen molar-refractivity contribution >= 4 is 56.9 Å². The van der Waals surface area contributed by atoms with Gasteiger partial charge in [0.1, 0.15) is 5.75 Å². The largest absolute Gasteiger partial charge is 0.479 e. The van der Waals surface area contributed by atoms with Crippen molar-refractivity contribution < 1.29 is 4.74 Å². The van der Waals surface area contributed by atoms with Gasteiger partial charge in [-0.1, -0.05) is 40.8 Å². The highest BCUT2D eigenvalue weighted by atomic mass is 127. The van der Waals surface area contributed by atoms with Crippen LogP contribution in [0.25, 0.3) is 0 Å². The predicted octanol–water partition coefficient (Wildman–Crippen LogP) is 3.58. The Hall–Kier alpha value is -0.160. The van der Waals surface area contributed by atoms with Crippen LogP contribution in [0.4, 0.5) is 0 Å². The maximum atomic E-state index is 11.0. The van der Waals surface area contributed by atoms with E-state index in [0.717, 1.165) is 22.9 Å². The van der Waals surface area contributed by atoms with E-state index in [2.05, 4.69) is 55.1 Å². The number of nitrogens with one attached hydrogen (secondary N) is 2. The second kappa shape index (κ2) is 8.32. The Labute approximate surface area is 148 Å². The van der Waals surface area contributed by atoms with E-state index in [4.69, 9.17) is 4.74 Å². The number of halogens is 2. The summed E-state index contributed by atoms with van der Waals surface area (Å²) < 4.78 is 6.40. The maximum Gasteiger partial charge on any atom is 0.323 e. The molecule has 0 aliphatic heterocycles. The van der Waals surface area contributed by atoms with Crippen molar-refractivity contribution in [1.82, 2.24) is 9.97 Å². The summed E-state index contributed by atoms with van der Waals surface area (Å²) in [6.45, 7) is 0. The van der Waals surface area contributed by atoms with Crippen LogP contribution in [0.1, 0.15) is 5.69 Å². The van der Waals surface area contributed by atoms with Crippen molar-refractivity contribution in [3.63, 3.8) is 0 Å². The number of aromatic nitrogens is 2. The highest BCUT2D eigenvalue weighted by Crippen LogP contribution is 2.24. The minimum absolute atomic E-state index is 0.119. The van der Waals surface area contributed by atoms with Gasteiger partial charge in [-0.2, -0.15) is 11.8 Å². The molecular weight excluding hydrogens is 502 g/mol. The second-order valence-corrected chi connectivity index (χ2v) is 7.94. The lowest BCUT2D eigenvalue weighted by Gasteiger charge is -2.18. The number of alkyl halides is 2. The van der Waals surface area contributed by atoms with Crippen LogP contribution in [0.3, 0.4) is 0 Å². The first kappa shape index (κ1) is 16.2. The van der Waals surface area contributed by atoms with Crippen LogP contribution in [0.5, 0.6) is 5.75 Å². The van der Waals surface area contributed by atoms with E-state index in [1.165, 1.54) is 0 Å². The van der Waals surface area contributed by atoms with E-state index < -0.39 is 0 Å². The molecule has 2 rings (SSSR count). The molecule has 0 aliphatic rings. The second-order valence-electron chi connectivity index (χ2n) is 4.08. The Kier molecular flexibility index (Phi) is 6.75. The molecule has 0 saturated heterocycles. The molecule has 2 aromatic rings. The lowest BCUT2D eigenvalue weighted by Crippen LogP contribution is -2.22. The lowest BCUT2D eigenvalue weighted by molar-refractivity contribution is 0.309. The summed E-state index contributed by atoms with van der Waals surface area (Å²) in [5.41, 5.74) is 0.781. The Bertz CT molecular complexity index is 573. The molecule has 1 aromatic heterocycles. The van der Waals surface area contributed by atoms with Crippen molar-refractivity contribution in [2.24, 2.45) is 0 Å². The van der Waals surface area contributed by atoms with Crippen LogP contribution in [0.15, 0.2) is 41.3 Å². The summed E-state index contributed by atoms with van der Waals surface area (Å²) in [6.07, 6.45) is 1.72. The molecule has 1 aromatic carbocycles. The van der Waals surface area contributed by atoms with E-state index in [1.54, 1.807) is 18.0 Å². The van der Waals surface area contributed by atoms with Crippen molar-refractivity contribution in [3.8, 4) is 5.75 Å². The average molecular weight is 516 g/mol. The first-order valence-corrected chi connectivity index (χ1v) is 9.64. The molecular formula is C13H14I2N2O2S. The molecule has 0 spiro atoms. The van der Waals surface area contributed by atoms with Gasteiger partial charge in [0.25, 0.3) is 0 Å². The van der Waals surface area contributed by atoms with Gasteiger partial charge >= 0.3 is 5.69 Å². The summed E-state index contributed by atoms with van der Waals surface area (Å²) in [6, 6.07) is 9.85. The van der Waals surface area contributed by atoms with Crippen molar-refractivity contribution in [3.05, 3.63) is 52.7 Å². The summed E-state index contributed by atoms with van der Waals surface area (Å²) in [4.78, 5) is 16.3.